The molecule has 0 spiro atoms. The molecule has 0 amide bonds. The Bertz CT molecular complexity index is 1120. The van der Waals surface area contributed by atoms with Gasteiger partial charge in [-0.1, -0.05) is 90.9 Å². The van der Waals surface area contributed by atoms with Crippen LogP contribution in [0, 0.1) is 0 Å². The van der Waals surface area contributed by atoms with Crippen LogP contribution in [0.5, 0.6) is 5.75 Å². The van der Waals surface area contributed by atoms with Crippen LogP contribution < -0.4 is 4.74 Å². The normalized spacial score (nSPS) is 15.2. The molecule has 2 nitrogen and oxygen atoms in total. The molecule has 2 heteroatoms. The number of benzene rings is 2. The highest BCUT2D eigenvalue weighted by Crippen LogP contribution is 2.44. The zero-order valence-electron chi connectivity index (χ0n) is 25.0. The first-order valence-electron chi connectivity index (χ1n) is 13.9. The van der Waals surface area contributed by atoms with Crippen molar-refractivity contribution in [3.05, 3.63) is 95.3 Å². The van der Waals surface area contributed by atoms with Crippen molar-refractivity contribution in [3.63, 3.8) is 0 Å². The predicted molar refractivity (Wildman–Crippen MR) is 159 cm³/mol. The van der Waals surface area contributed by atoms with Gasteiger partial charge in [0.1, 0.15) is 11.4 Å². The van der Waals surface area contributed by atoms with E-state index in [4.69, 9.17) is 9.72 Å². The Hall–Kier alpha value is -2.61. The molecule has 0 saturated heterocycles. The lowest BCUT2D eigenvalue weighted by atomic mass is 9.67. The first-order chi connectivity index (χ1) is 17.1. The first-order valence-corrected chi connectivity index (χ1v) is 13.9. The van der Waals surface area contributed by atoms with E-state index < -0.39 is 0 Å². The van der Waals surface area contributed by atoms with Gasteiger partial charge in [0, 0.05) is 17.3 Å². The lowest BCUT2D eigenvalue weighted by Crippen LogP contribution is -2.29. The highest BCUT2D eigenvalue weighted by molar-refractivity contribution is 5.35. The van der Waals surface area contributed by atoms with Gasteiger partial charge in [-0.15, -0.1) is 0 Å². The maximum atomic E-state index is 6.13. The van der Waals surface area contributed by atoms with Gasteiger partial charge in [-0.05, 0) is 97.7 Å². The van der Waals surface area contributed by atoms with Gasteiger partial charge in [-0.3, -0.25) is 4.98 Å². The molecule has 0 aliphatic carbocycles. The molecule has 0 radical (unpaired) electrons. The minimum Gasteiger partial charge on any atom is -0.488 e. The monoisotopic (exact) mass is 499 g/mol. The fraction of sp³-hybridized carbons (Fsp3) is 0.514. The standard InChI is InChI=1S/C35H49NO/c1-11-35(10,29-19-17-28(18-20-29)32(2,3)4)25-27(24-34(8,9)31-14-12-13-23-36-31)26-15-21-30(22-16-26)37-33(5,6)7/h12-23,27H,11,24-25H2,1-10H3. The van der Waals surface area contributed by atoms with Crippen LogP contribution in [0.25, 0.3) is 0 Å². The average molecular weight is 500 g/mol. The highest BCUT2D eigenvalue weighted by Gasteiger charge is 2.34. The van der Waals surface area contributed by atoms with E-state index in [1.54, 1.807) is 0 Å². The van der Waals surface area contributed by atoms with E-state index in [2.05, 4.69) is 130 Å². The Balaban J connectivity index is 1.97. The molecule has 2 aromatic carbocycles. The van der Waals surface area contributed by atoms with Crippen molar-refractivity contribution in [1.29, 1.82) is 0 Å². The van der Waals surface area contributed by atoms with E-state index >= 15 is 0 Å². The summed E-state index contributed by atoms with van der Waals surface area (Å²) in [6, 6.07) is 24.5. The zero-order valence-corrected chi connectivity index (χ0v) is 25.0. The van der Waals surface area contributed by atoms with Gasteiger partial charge in [0.15, 0.2) is 0 Å². The Morgan fingerprint density at radius 2 is 1.30 bits per heavy atom. The minimum atomic E-state index is -0.206. The Kier molecular flexibility index (Phi) is 8.62. The van der Waals surface area contributed by atoms with Gasteiger partial charge in [-0.25, -0.2) is 0 Å². The van der Waals surface area contributed by atoms with Gasteiger partial charge in [0.05, 0.1) is 0 Å². The quantitative estimate of drug-likeness (QED) is 0.292. The smallest absolute Gasteiger partial charge is 0.120 e. The van der Waals surface area contributed by atoms with Crippen LogP contribution in [0.3, 0.4) is 0 Å². The predicted octanol–water partition coefficient (Wildman–Crippen LogP) is 9.77. The number of rotatable bonds is 9. The summed E-state index contributed by atoms with van der Waals surface area (Å²) in [5.74, 6) is 1.31. The van der Waals surface area contributed by atoms with Gasteiger partial charge < -0.3 is 4.74 Å². The molecule has 0 bridgehead atoms. The molecule has 1 heterocycles. The lowest BCUT2D eigenvalue weighted by molar-refractivity contribution is 0.131. The number of aromatic nitrogens is 1. The second-order valence-corrected chi connectivity index (χ2v) is 13.7. The summed E-state index contributed by atoms with van der Waals surface area (Å²) >= 11 is 0. The summed E-state index contributed by atoms with van der Waals surface area (Å²) in [6.45, 7) is 22.6. The first kappa shape index (κ1) is 29.0. The van der Waals surface area contributed by atoms with Crippen LogP contribution in [0.2, 0.25) is 0 Å². The number of pyridine rings is 1. The molecule has 3 aromatic rings. The molecule has 2 unspecified atom stereocenters. The van der Waals surface area contributed by atoms with Crippen LogP contribution >= 0.6 is 0 Å². The summed E-state index contributed by atoms with van der Waals surface area (Å²) in [6.07, 6.45) is 5.11. The second kappa shape index (κ2) is 11.0. The largest absolute Gasteiger partial charge is 0.488 e. The highest BCUT2D eigenvalue weighted by atomic mass is 16.5. The Morgan fingerprint density at radius 1 is 0.703 bits per heavy atom. The minimum absolute atomic E-state index is 0.0444. The SMILES string of the molecule is CCC(C)(CC(CC(C)(C)c1ccccn1)c1ccc(OC(C)(C)C)cc1)c1ccc(C(C)(C)C)cc1. The molecule has 200 valence electrons. The van der Waals surface area contributed by atoms with E-state index in [0.717, 1.165) is 30.7 Å². The van der Waals surface area contributed by atoms with Gasteiger partial charge >= 0.3 is 0 Å². The van der Waals surface area contributed by atoms with E-state index in [0.29, 0.717) is 5.92 Å². The zero-order chi connectivity index (χ0) is 27.5. The van der Waals surface area contributed by atoms with Gasteiger partial charge in [0.25, 0.3) is 0 Å². The maximum Gasteiger partial charge on any atom is 0.120 e. The van der Waals surface area contributed by atoms with Crippen LogP contribution in [-0.4, -0.2) is 10.6 Å². The van der Waals surface area contributed by atoms with Crippen molar-refractivity contribution in [2.45, 2.75) is 116 Å². The van der Waals surface area contributed by atoms with Crippen molar-refractivity contribution < 1.29 is 4.74 Å². The van der Waals surface area contributed by atoms with Crippen molar-refractivity contribution in [2.24, 2.45) is 0 Å². The third-order valence-electron chi connectivity index (χ3n) is 7.82. The topological polar surface area (TPSA) is 22.1 Å². The van der Waals surface area contributed by atoms with Crippen LogP contribution in [0.1, 0.15) is 117 Å². The Morgan fingerprint density at radius 3 is 1.78 bits per heavy atom. The molecular formula is C35H49NO. The molecule has 0 aliphatic heterocycles. The van der Waals surface area contributed by atoms with Crippen molar-refractivity contribution in [3.8, 4) is 5.75 Å². The maximum absolute atomic E-state index is 6.13. The van der Waals surface area contributed by atoms with Gasteiger partial charge in [-0.2, -0.15) is 0 Å². The molecule has 1 aromatic heterocycles. The van der Waals surface area contributed by atoms with Crippen molar-refractivity contribution in [2.75, 3.05) is 0 Å². The summed E-state index contributed by atoms with van der Waals surface area (Å²) in [5, 5.41) is 0. The Labute approximate surface area is 226 Å². The fourth-order valence-electron chi connectivity index (χ4n) is 5.34. The van der Waals surface area contributed by atoms with Crippen LogP contribution in [0.15, 0.2) is 72.9 Å². The van der Waals surface area contributed by atoms with Gasteiger partial charge in [0.2, 0.25) is 0 Å². The third kappa shape index (κ3) is 7.69. The molecular weight excluding hydrogens is 450 g/mol. The molecule has 2 atom stereocenters. The number of hydrogen-bond donors (Lipinski definition) is 0. The van der Waals surface area contributed by atoms with Crippen LogP contribution in [-0.2, 0) is 16.2 Å². The second-order valence-electron chi connectivity index (χ2n) is 13.7. The van der Waals surface area contributed by atoms with E-state index in [9.17, 15) is 0 Å². The van der Waals surface area contributed by atoms with E-state index in [1.165, 1.54) is 16.7 Å². The molecule has 3 rings (SSSR count). The van der Waals surface area contributed by atoms with E-state index in [-0.39, 0.29) is 21.8 Å². The van der Waals surface area contributed by atoms with Crippen molar-refractivity contribution >= 4 is 0 Å². The molecule has 0 N–H and O–H groups in total. The molecule has 0 fully saturated rings. The molecule has 37 heavy (non-hydrogen) atoms. The number of hydrogen-bond acceptors (Lipinski definition) is 2. The summed E-state index contributed by atoms with van der Waals surface area (Å²) in [4.78, 5) is 4.74. The number of ether oxygens (including phenoxy) is 1. The summed E-state index contributed by atoms with van der Waals surface area (Å²) in [5.41, 5.74) is 5.32. The summed E-state index contributed by atoms with van der Waals surface area (Å²) in [7, 11) is 0. The third-order valence-corrected chi connectivity index (χ3v) is 7.82. The average Bonchev–Trinajstić information content (AvgIpc) is 2.83. The van der Waals surface area contributed by atoms with Crippen LogP contribution in [0.4, 0.5) is 0 Å². The molecule has 0 saturated carbocycles. The lowest BCUT2D eigenvalue weighted by Gasteiger charge is -2.37. The number of nitrogens with zero attached hydrogens (tertiary/aromatic N) is 1. The fourth-order valence-corrected chi connectivity index (χ4v) is 5.34. The summed E-state index contributed by atoms with van der Waals surface area (Å²) < 4.78 is 6.13. The van der Waals surface area contributed by atoms with Crippen molar-refractivity contribution in [1.82, 2.24) is 4.98 Å². The molecule has 0 aliphatic rings. The van der Waals surface area contributed by atoms with E-state index in [1.807, 2.05) is 12.3 Å².